The lowest BCUT2D eigenvalue weighted by molar-refractivity contribution is -0.286. The zero-order valence-corrected chi connectivity index (χ0v) is 13.1. The van der Waals surface area contributed by atoms with E-state index in [4.69, 9.17) is 10.5 Å². The SMILES string of the molecule is Nc1cccc(Br)c1OCC(=O)c1ccc2c(c1)OC(F)(F)O2. The minimum absolute atomic E-state index is 0.123. The topological polar surface area (TPSA) is 70.8 Å². The smallest absolute Gasteiger partial charge is 0.482 e. The van der Waals surface area contributed by atoms with Gasteiger partial charge in [0.2, 0.25) is 0 Å². The molecule has 1 heterocycles. The first-order chi connectivity index (χ1) is 10.9. The molecule has 2 aromatic rings. The van der Waals surface area contributed by atoms with Crippen molar-refractivity contribution in [3.8, 4) is 17.2 Å². The number of anilines is 1. The molecule has 2 aromatic carbocycles. The normalized spacial score (nSPS) is 14.6. The van der Waals surface area contributed by atoms with Gasteiger partial charge in [-0.2, -0.15) is 0 Å². The van der Waals surface area contributed by atoms with Crippen molar-refractivity contribution in [2.45, 2.75) is 6.29 Å². The number of Topliss-reactive ketones (excluding diaryl/α,β-unsaturated/α-hetero) is 1. The lowest BCUT2D eigenvalue weighted by Crippen LogP contribution is -2.25. The fourth-order valence-corrected chi connectivity index (χ4v) is 2.52. The van der Waals surface area contributed by atoms with E-state index < -0.39 is 12.1 Å². The van der Waals surface area contributed by atoms with Gasteiger partial charge >= 0.3 is 6.29 Å². The summed E-state index contributed by atoms with van der Waals surface area (Å²) in [6.45, 7) is -0.303. The van der Waals surface area contributed by atoms with E-state index in [1.165, 1.54) is 18.2 Å². The molecule has 0 saturated heterocycles. The van der Waals surface area contributed by atoms with Crippen LogP contribution < -0.4 is 19.9 Å². The number of nitrogens with two attached hydrogens (primary N) is 1. The summed E-state index contributed by atoms with van der Waals surface area (Å²) in [7, 11) is 0. The molecule has 3 rings (SSSR count). The molecule has 120 valence electrons. The summed E-state index contributed by atoms with van der Waals surface area (Å²) in [5.41, 5.74) is 6.30. The van der Waals surface area contributed by atoms with Crippen LogP contribution in [0.15, 0.2) is 40.9 Å². The summed E-state index contributed by atoms with van der Waals surface area (Å²) in [5.74, 6) is -0.390. The molecule has 0 unspecified atom stereocenters. The van der Waals surface area contributed by atoms with E-state index in [9.17, 15) is 13.6 Å². The van der Waals surface area contributed by atoms with Crippen molar-refractivity contribution in [1.82, 2.24) is 0 Å². The van der Waals surface area contributed by atoms with Gasteiger partial charge in [0.05, 0.1) is 10.2 Å². The van der Waals surface area contributed by atoms with Crippen LogP contribution >= 0.6 is 15.9 Å². The van der Waals surface area contributed by atoms with Crippen LogP contribution in [0.4, 0.5) is 14.5 Å². The third-order valence-electron chi connectivity index (χ3n) is 3.07. The van der Waals surface area contributed by atoms with Gasteiger partial charge in [-0.25, -0.2) is 0 Å². The number of para-hydroxylation sites is 1. The van der Waals surface area contributed by atoms with Crippen LogP contribution in [-0.2, 0) is 0 Å². The van der Waals surface area contributed by atoms with Crippen molar-refractivity contribution < 1.29 is 27.8 Å². The number of carbonyl (C=O) groups excluding carboxylic acids is 1. The number of carbonyl (C=O) groups is 1. The van der Waals surface area contributed by atoms with Crippen LogP contribution in [0.2, 0.25) is 0 Å². The number of halogens is 3. The van der Waals surface area contributed by atoms with Gasteiger partial charge in [-0.3, -0.25) is 4.79 Å². The number of ether oxygens (including phenoxy) is 3. The number of nitrogen functional groups attached to an aromatic ring is 1. The highest BCUT2D eigenvalue weighted by Gasteiger charge is 2.43. The number of alkyl halides is 2. The number of rotatable bonds is 4. The third-order valence-corrected chi connectivity index (χ3v) is 3.69. The van der Waals surface area contributed by atoms with Crippen LogP contribution in [-0.4, -0.2) is 18.7 Å². The summed E-state index contributed by atoms with van der Waals surface area (Å²) >= 11 is 3.27. The Kier molecular flexibility index (Phi) is 3.85. The van der Waals surface area contributed by atoms with Gasteiger partial charge in [-0.1, -0.05) is 6.07 Å². The molecule has 0 aromatic heterocycles. The molecule has 2 N–H and O–H groups in total. The van der Waals surface area contributed by atoms with Gasteiger partial charge in [0.1, 0.15) is 0 Å². The van der Waals surface area contributed by atoms with Gasteiger partial charge in [-0.15, -0.1) is 8.78 Å². The number of ketones is 1. The van der Waals surface area contributed by atoms with Crippen molar-refractivity contribution in [3.63, 3.8) is 0 Å². The molecular formula is C15H10BrF2NO4. The highest BCUT2D eigenvalue weighted by atomic mass is 79.9. The minimum Gasteiger partial charge on any atom is -0.482 e. The van der Waals surface area contributed by atoms with E-state index in [0.717, 1.165) is 0 Å². The molecule has 0 spiro atoms. The van der Waals surface area contributed by atoms with E-state index in [0.29, 0.717) is 15.9 Å². The molecule has 0 aliphatic carbocycles. The highest BCUT2D eigenvalue weighted by Crippen LogP contribution is 2.41. The van der Waals surface area contributed by atoms with Gasteiger partial charge in [0.15, 0.2) is 29.6 Å². The van der Waals surface area contributed by atoms with Crippen LogP contribution in [0.5, 0.6) is 17.2 Å². The molecule has 1 aliphatic rings. The zero-order chi connectivity index (χ0) is 16.6. The Morgan fingerprint density at radius 2 is 1.96 bits per heavy atom. The lowest BCUT2D eigenvalue weighted by Gasteiger charge is -2.10. The molecule has 0 atom stereocenters. The Morgan fingerprint density at radius 1 is 1.22 bits per heavy atom. The van der Waals surface area contributed by atoms with E-state index in [1.807, 2.05) is 0 Å². The Hall–Kier alpha value is -2.35. The van der Waals surface area contributed by atoms with E-state index in [1.54, 1.807) is 18.2 Å². The Balaban J connectivity index is 1.73. The van der Waals surface area contributed by atoms with Crippen LogP contribution in [0.1, 0.15) is 10.4 Å². The molecule has 8 heteroatoms. The maximum absolute atomic E-state index is 13.0. The second-order valence-corrected chi connectivity index (χ2v) is 5.55. The fraction of sp³-hybridized carbons (Fsp3) is 0.133. The zero-order valence-electron chi connectivity index (χ0n) is 11.5. The maximum Gasteiger partial charge on any atom is 0.586 e. The van der Waals surface area contributed by atoms with Crippen molar-refractivity contribution >= 4 is 27.4 Å². The fourth-order valence-electron chi connectivity index (χ4n) is 2.02. The molecule has 5 nitrogen and oxygen atoms in total. The number of hydrogen-bond acceptors (Lipinski definition) is 5. The average Bonchev–Trinajstić information content (AvgIpc) is 2.79. The van der Waals surface area contributed by atoms with Crippen LogP contribution in [0.3, 0.4) is 0 Å². The van der Waals surface area contributed by atoms with Gasteiger partial charge < -0.3 is 19.9 Å². The predicted octanol–water partition coefficient (Wildman–Crippen LogP) is 3.61. The van der Waals surface area contributed by atoms with E-state index in [2.05, 4.69) is 25.4 Å². The Labute approximate surface area is 138 Å². The highest BCUT2D eigenvalue weighted by molar-refractivity contribution is 9.10. The largest absolute Gasteiger partial charge is 0.586 e. The van der Waals surface area contributed by atoms with E-state index in [-0.39, 0.29) is 23.7 Å². The number of fused-ring (bicyclic) bond motifs is 1. The second kappa shape index (κ2) is 5.69. The van der Waals surface area contributed by atoms with Crippen LogP contribution in [0.25, 0.3) is 0 Å². The summed E-state index contributed by atoms with van der Waals surface area (Å²) < 4.78 is 40.5. The second-order valence-electron chi connectivity index (χ2n) is 4.70. The molecule has 0 fully saturated rings. The predicted molar refractivity (Wildman–Crippen MR) is 81.0 cm³/mol. The van der Waals surface area contributed by atoms with Crippen molar-refractivity contribution in [2.24, 2.45) is 0 Å². The summed E-state index contributed by atoms with van der Waals surface area (Å²) in [6, 6.07) is 8.87. The van der Waals surface area contributed by atoms with E-state index >= 15 is 0 Å². The van der Waals surface area contributed by atoms with Crippen molar-refractivity contribution in [2.75, 3.05) is 12.3 Å². The van der Waals surface area contributed by atoms with Gasteiger partial charge in [0.25, 0.3) is 0 Å². The van der Waals surface area contributed by atoms with Gasteiger partial charge in [0, 0.05) is 5.56 Å². The molecule has 0 bridgehead atoms. The van der Waals surface area contributed by atoms with Crippen molar-refractivity contribution in [3.05, 3.63) is 46.4 Å². The quantitative estimate of drug-likeness (QED) is 0.642. The Morgan fingerprint density at radius 3 is 2.70 bits per heavy atom. The summed E-state index contributed by atoms with van der Waals surface area (Å²) in [6.07, 6.45) is -3.72. The maximum atomic E-state index is 13.0. The summed E-state index contributed by atoms with van der Waals surface area (Å²) in [4.78, 5) is 12.1. The molecule has 0 radical (unpaired) electrons. The monoisotopic (exact) mass is 385 g/mol. The molecule has 1 aliphatic heterocycles. The molecule has 0 saturated carbocycles. The molecular weight excluding hydrogens is 376 g/mol. The first-order valence-corrected chi connectivity index (χ1v) is 7.25. The Bertz CT molecular complexity index is 762. The lowest BCUT2D eigenvalue weighted by atomic mass is 10.1. The first kappa shape index (κ1) is 15.5. The third kappa shape index (κ3) is 3.21. The average molecular weight is 386 g/mol. The number of benzene rings is 2. The minimum atomic E-state index is -3.72. The summed E-state index contributed by atoms with van der Waals surface area (Å²) in [5, 5.41) is 0. The van der Waals surface area contributed by atoms with Crippen LogP contribution in [0, 0.1) is 0 Å². The first-order valence-electron chi connectivity index (χ1n) is 6.45. The molecule has 0 amide bonds. The number of hydrogen-bond donors (Lipinski definition) is 1. The van der Waals surface area contributed by atoms with Gasteiger partial charge in [-0.05, 0) is 46.3 Å². The molecule has 23 heavy (non-hydrogen) atoms. The van der Waals surface area contributed by atoms with Crippen molar-refractivity contribution in [1.29, 1.82) is 0 Å². The standard InChI is InChI=1S/C15H10BrF2NO4/c16-9-2-1-3-10(19)14(9)21-7-11(20)8-4-5-12-13(6-8)23-15(17,18)22-12/h1-6H,7,19H2.